The third-order valence-corrected chi connectivity index (χ3v) is 4.60. The molecule has 0 bridgehead atoms. The first-order valence-electron chi connectivity index (χ1n) is 8.53. The van der Waals surface area contributed by atoms with Crippen molar-refractivity contribution in [2.24, 2.45) is 5.92 Å². The van der Waals surface area contributed by atoms with Gasteiger partial charge in [0, 0.05) is 19.6 Å². The van der Waals surface area contributed by atoms with Crippen molar-refractivity contribution in [1.82, 2.24) is 10.2 Å². The maximum absolute atomic E-state index is 12.9. The van der Waals surface area contributed by atoms with E-state index >= 15 is 0 Å². The van der Waals surface area contributed by atoms with Gasteiger partial charge in [-0.25, -0.2) is 0 Å². The minimum atomic E-state index is -0.534. The summed E-state index contributed by atoms with van der Waals surface area (Å²) < 4.78 is 5.72. The Morgan fingerprint density at radius 3 is 2.46 bits per heavy atom. The zero-order valence-corrected chi connectivity index (χ0v) is 16.3. The summed E-state index contributed by atoms with van der Waals surface area (Å²) in [4.78, 5) is 14.8. The zero-order chi connectivity index (χ0) is 17.0. The molecule has 1 aliphatic rings. The Bertz CT molecular complexity index is 523. The van der Waals surface area contributed by atoms with Crippen molar-refractivity contribution < 1.29 is 9.53 Å². The van der Waals surface area contributed by atoms with Crippen LogP contribution in [0.4, 0.5) is 0 Å². The van der Waals surface area contributed by atoms with E-state index in [9.17, 15) is 4.79 Å². The normalized spacial score (nSPS) is 17.5. The lowest BCUT2D eigenvalue weighted by Gasteiger charge is -2.33. The molecule has 2 rings (SSSR count). The summed E-state index contributed by atoms with van der Waals surface area (Å²) in [6.07, 6.45) is 1.03. The van der Waals surface area contributed by atoms with Gasteiger partial charge in [-0.1, -0.05) is 26.0 Å². The van der Waals surface area contributed by atoms with Gasteiger partial charge in [-0.2, -0.15) is 0 Å². The first kappa shape index (κ1) is 20.8. The molecule has 0 radical (unpaired) electrons. The van der Waals surface area contributed by atoms with E-state index in [-0.39, 0.29) is 18.3 Å². The van der Waals surface area contributed by atoms with Gasteiger partial charge in [0.15, 0.2) is 0 Å². The van der Waals surface area contributed by atoms with Crippen LogP contribution in [-0.4, -0.2) is 43.6 Å². The van der Waals surface area contributed by atoms with Gasteiger partial charge < -0.3 is 15.0 Å². The number of amides is 1. The molecule has 136 valence electrons. The summed E-state index contributed by atoms with van der Waals surface area (Å²) in [5.74, 6) is 1.53. The van der Waals surface area contributed by atoms with Crippen LogP contribution in [0, 0.1) is 5.92 Å². The highest BCUT2D eigenvalue weighted by atomic mass is 35.5. The van der Waals surface area contributed by atoms with Crippen LogP contribution in [-0.2, 0) is 10.2 Å². The predicted molar refractivity (Wildman–Crippen MR) is 101 cm³/mol. The molecule has 1 aromatic rings. The van der Waals surface area contributed by atoms with Gasteiger partial charge in [-0.15, -0.1) is 12.4 Å². The fourth-order valence-electron chi connectivity index (χ4n) is 2.93. The van der Waals surface area contributed by atoms with Crippen molar-refractivity contribution in [3.63, 3.8) is 0 Å². The molecule has 1 amide bonds. The SMILES string of the molecule is CC(C)COc1ccc(C(C)(C)C(=O)N(C)C2CCNC2)cc1.Cl. The summed E-state index contributed by atoms with van der Waals surface area (Å²) >= 11 is 0. The van der Waals surface area contributed by atoms with Crippen molar-refractivity contribution in [3.8, 4) is 5.75 Å². The van der Waals surface area contributed by atoms with Crippen molar-refractivity contribution in [2.45, 2.75) is 45.6 Å². The second-order valence-electron chi connectivity index (χ2n) is 7.42. The molecule has 0 aliphatic carbocycles. The van der Waals surface area contributed by atoms with Gasteiger partial charge >= 0.3 is 0 Å². The lowest BCUT2D eigenvalue weighted by atomic mass is 9.83. The number of halogens is 1. The Kier molecular flexibility index (Phi) is 7.56. The van der Waals surface area contributed by atoms with Gasteiger partial charge in [0.05, 0.1) is 12.0 Å². The highest BCUT2D eigenvalue weighted by molar-refractivity contribution is 5.87. The first-order valence-corrected chi connectivity index (χ1v) is 8.53. The molecule has 0 saturated carbocycles. The molecule has 4 nitrogen and oxygen atoms in total. The van der Waals surface area contributed by atoms with Crippen LogP contribution in [0.2, 0.25) is 0 Å². The van der Waals surface area contributed by atoms with Gasteiger partial charge in [-0.05, 0) is 50.4 Å². The van der Waals surface area contributed by atoms with E-state index in [1.807, 2.05) is 50.1 Å². The fourth-order valence-corrected chi connectivity index (χ4v) is 2.93. The van der Waals surface area contributed by atoms with Gasteiger partial charge in [0.25, 0.3) is 0 Å². The molecular weight excluding hydrogens is 324 g/mol. The second-order valence-corrected chi connectivity index (χ2v) is 7.42. The molecule has 5 heteroatoms. The number of carbonyl (C=O) groups excluding carboxylic acids is 1. The summed E-state index contributed by atoms with van der Waals surface area (Å²) in [6.45, 7) is 10.8. The lowest BCUT2D eigenvalue weighted by molar-refractivity contribution is -0.136. The molecule has 24 heavy (non-hydrogen) atoms. The molecule has 1 unspecified atom stereocenters. The van der Waals surface area contributed by atoms with E-state index in [1.165, 1.54) is 0 Å². The van der Waals surface area contributed by atoms with Crippen LogP contribution >= 0.6 is 12.4 Å². The Morgan fingerprint density at radius 1 is 1.33 bits per heavy atom. The Hall–Kier alpha value is -1.26. The number of nitrogens with one attached hydrogen (secondary N) is 1. The Morgan fingerprint density at radius 2 is 1.96 bits per heavy atom. The highest BCUT2D eigenvalue weighted by Gasteiger charge is 2.35. The molecule has 0 aromatic heterocycles. The highest BCUT2D eigenvalue weighted by Crippen LogP contribution is 2.28. The minimum absolute atomic E-state index is 0. The molecule has 1 saturated heterocycles. The number of carbonyl (C=O) groups is 1. The molecule has 1 atom stereocenters. The summed E-state index contributed by atoms with van der Waals surface area (Å²) in [7, 11) is 1.92. The van der Waals surface area contributed by atoms with Crippen LogP contribution in [0.25, 0.3) is 0 Å². The predicted octanol–water partition coefficient (Wildman–Crippen LogP) is 3.24. The smallest absolute Gasteiger partial charge is 0.232 e. The van der Waals surface area contributed by atoms with Crippen LogP contribution < -0.4 is 10.1 Å². The average molecular weight is 355 g/mol. The van der Waals surface area contributed by atoms with Crippen LogP contribution in [0.3, 0.4) is 0 Å². The average Bonchev–Trinajstić information content (AvgIpc) is 3.06. The van der Waals surface area contributed by atoms with Crippen LogP contribution in [0.5, 0.6) is 5.75 Å². The van der Waals surface area contributed by atoms with Crippen molar-refractivity contribution in [3.05, 3.63) is 29.8 Å². The number of hydrogen-bond acceptors (Lipinski definition) is 3. The van der Waals surface area contributed by atoms with E-state index < -0.39 is 5.41 Å². The van der Waals surface area contributed by atoms with E-state index in [4.69, 9.17) is 4.74 Å². The maximum atomic E-state index is 12.9. The first-order chi connectivity index (χ1) is 10.8. The van der Waals surface area contributed by atoms with E-state index in [1.54, 1.807) is 0 Å². The maximum Gasteiger partial charge on any atom is 0.232 e. The number of hydrogen-bond donors (Lipinski definition) is 1. The lowest BCUT2D eigenvalue weighted by Crippen LogP contribution is -2.47. The largest absolute Gasteiger partial charge is 0.493 e. The molecule has 1 aromatic carbocycles. The molecule has 1 heterocycles. The van der Waals surface area contributed by atoms with Crippen molar-refractivity contribution in [2.75, 3.05) is 26.7 Å². The molecule has 0 spiro atoms. The second kappa shape index (κ2) is 8.72. The third kappa shape index (κ3) is 4.87. The number of likely N-dealkylation sites (N-methyl/N-ethyl adjacent to an activating group) is 1. The Labute approximate surface area is 152 Å². The fraction of sp³-hybridized carbons (Fsp3) is 0.632. The zero-order valence-electron chi connectivity index (χ0n) is 15.5. The van der Waals surface area contributed by atoms with Crippen molar-refractivity contribution >= 4 is 18.3 Å². The summed E-state index contributed by atoms with van der Waals surface area (Å²) in [6, 6.07) is 8.24. The van der Waals surface area contributed by atoms with Gasteiger partial charge in [-0.3, -0.25) is 4.79 Å². The minimum Gasteiger partial charge on any atom is -0.493 e. The quantitative estimate of drug-likeness (QED) is 0.852. The topological polar surface area (TPSA) is 41.6 Å². The number of nitrogens with zero attached hydrogens (tertiary/aromatic N) is 1. The third-order valence-electron chi connectivity index (χ3n) is 4.60. The number of benzene rings is 1. The van der Waals surface area contributed by atoms with E-state index in [0.717, 1.165) is 30.8 Å². The van der Waals surface area contributed by atoms with E-state index in [2.05, 4.69) is 19.2 Å². The molecule has 1 aliphatic heterocycles. The van der Waals surface area contributed by atoms with Gasteiger partial charge in [0.2, 0.25) is 5.91 Å². The Balaban J connectivity index is 0.00000288. The van der Waals surface area contributed by atoms with Gasteiger partial charge in [0.1, 0.15) is 5.75 Å². The van der Waals surface area contributed by atoms with Crippen LogP contribution in [0.1, 0.15) is 39.7 Å². The molecule has 1 N–H and O–H groups in total. The summed E-state index contributed by atoms with van der Waals surface area (Å²) in [5.41, 5.74) is 0.491. The number of rotatable bonds is 6. The summed E-state index contributed by atoms with van der Waals surface area (Å²) in [5, 5.41) is 3.32. The standard InChI is InChI=1S/C19H30N2O2.ClH/c1-14(2)13-23-17-8-6-15(7-9-17)19(3,4)18(22)21(5)16-10-11-20-12-16;/h6-9,14,16,20H,10-13H2,1-5H3;1H. The van der Waals surface area contributed by atoms with Crippen molar-refractivity contribution in [1.29, 1.82) is 0 Å². The van der Waals surface area contributed by atoms with E-state index in [0.29, 0.717) is 18.6 Å². The van der Waals surface area contributed by atoms with Crippen LogP contribution in [0.15, 0.2) is 24.3 Å². The molecule has 1 fully saturated rings. The number of ether oxygens (including phenoxy) is 1. The molecular formula is C19H31ClN2O2. The monoisotopic (exact) mass is 354 g/mol.